The van der Waals surface area contributed by atoms with Crippen LogP contribution < -0.4 is 0 Å². The van der Waals surface area contributed by atoms with Gasteiger partial charge in [-0.2, -0.15) is 0 Å². The molecule has 62 valence electrons. The molecule has 3 nitrogen and oxygen atoms in total. The molecule has 0 N–H and O–H groups in total. The number of thiophene rings is 1. The first-order chi connectivity index (χ1) is 5.77. The topological polar surface area (TPSA) is 38.9 Å². The van der Waals surface area contributed by atoms with Gasteiger partial charge in [0, 0.05) is 0 Å². The highest BCUT2D eigenvalue weighted by atomic mass is 35.5. The number of rotatable bonds is 1. The summed E-state index contributed by atoms with van der Waals surface area (Å²) in [4.78, 5) is 0.746. The normalized spacial score (nSPS) is 10.5. The van der Waals surface area contributed by atoms with Crippen molar-refractivity contribution in [2.75, 3.05) is 0 Å². The van der Waals surface area contributed by atoms with E-state index < -0.39 is 0 Å². The summed E-state index contributed by atoms with van der Waals surface area (Å²) in [7, 11) is 0. The summed E-state index contributed by atoms with van der Waals surface area (Å²) in [6, 6.07) is 1.76. The van der Waals surface area contributed by atoms with Crippen LogP contribution in [0.2, 0.25) is 10.4 Å². The van der Waals surface area contributed by atoms with Crippen LogP contribution in [0.15, 0.2) is 15.9 Å². The Hall–Kier alpha value is -0.580. The molecular formula is C6H2Cl2N2OS. The summed E-state index contributed by atoms with van der Waals surface area (Å²) in [6.45, 7) is 0. The van der Waals surface area contributed by atoms with Gasteiger partial charge in [-0.15, -0.1) is 16.4 Å². The van der Waals surface area contributed by atoms with E-state index in [0.717, 1.165) is 4.88 Å². The van der Waals surface area contributed by atoms with Crippen LogP contribution in [0, 0.1) is 0 Å². The van der Waals surface area contributed by atoms with Gasteiger partial charge >= 0.3 is 5.35 Å². The van der Waals surface area contributed by atoms with Crippen LogP contribution in [0.25, 0.3) is 10.8 Å². The minimum atomic E-state index is 0.0227. The summed E-state index contributed by atoms with van der Waals surface area (Å²) in [5, 5.41) is 9.67. The maximum absolute atomic E-state index is 5.82. The number of hydrogen-bond donors (Lipinski definition) is 0. The third-order valence-corrected chi connectivity index (χ3v) is 2.69. The first kappa shape index (κ1) is 8.04. The van der Waals surface area contributed by atoms with Crippen LogP contribution in [0.4, 0.5) is 0 Å². The molecule has 6 heteroatoms. The average molecular weight is 221 g/mol. The summed E-state index contributed by atoms with van der Waals surface area (Å²) >= 11 is 12.7. The lowest BCUT2D eigenvalue weighted by Crippen LogP contribution is -1.71. The molecule has 0 unspecified atom stereocenters. The molecule has 0 aliphatic heterocycles. The van der Waals surface area contributed by atoms with Crippen LogP contribution in [0.3, 0.4) is 0 Å². The lowest BCUT2D eigenvalue weighted by atomic mass is 10.5. The van der Waals surface area contributed by atoms with Crippen molar-refractivity contribution in [3.05, 3.63) is 21.8 Å². The van der Waals surface area contributed by atoms with Crippen molar-refractivity contribution in [1.82, 2.24) is 10.2 Å². The lowest BCUT2D eigenvalue weighted by molar-refractivity contribution is 0.572. The second-order valence-electron chi connectivity index (χ2n) is 1.96. The first-order valence-corrected chi connectivity index (χ1v) is 4.63. The van der Waals surface area contributed by atoms with Crippen LogP contribution in [0.1, 0.15) is 0 Å². The third-order valence-electron chi connectivity index (χ3n) is 1.21. The van der Waals surface area contributed by atoms with E-state index >= 15 is 0 Å². The molecule has 0 aliphatic rings. The summed E-state index contributed by atoms with van der Waals surface area (Å²) in [5.74, 6) is 0.361. The van der Waals surface area contributed by atoms with E-state index in [2.05, 4.69) is 10.2 Å². The van der Waals surface area contributed by atoms with Gasteiger partial charge in [0.15, 0.2) is 0 Å². The molecule has 0 radical (unpaired) electrons. The third kappa shape index (κ3) is 1.33. The molecular weight excluding hydrogens is 219 g/mol. The zero-order valence-corrected chi connectivity index (χ0v) is 7.95. The molecule has 0 atom stereocenters. The number of nitrogens with zero attached hydrogens (tertiary/aromatic N) is 2. The fraction of sp³-hybridized carbons (Fsp3) is 0. The fourth-order valence-electron chi connectivity index (χ4n) is 0.743. The smallest absolute Gasteiger partial charge is 0.313 e. The monoisotopic (exact) mass is 220 g/mol. The molecule has 0 aliphatic carbocycles. The largest absolute Gasteiger partial charge is 0.406 e. The molecule has 2 heterocycles. The number of aromatic nitrogens is 2. The van der Waals surface area contributed by atoms with E-state index in [1.54, 1.807) is 6.07 Å². The van der Waals surface area contributed by atoms with Crippen molar-refractivity contribution in [2.45, 2.75) is 0 Å². The number of halogens is 2. The van der Waals surface area contributed by atoms with Gasteiger partial charge in [0.25, 0.3) is 5.89 Å². The molecule has 0 fully saturated rings. The van der Waals surface area contributed by atoms with Gasteiger partial charge in [0.05, 0.1) is 5.02 Å². The molecule has 2 rings (SSSR count). The van der Waals surface area contributed by atoms with E-state index in [4.69, 9.17) is 27.6 Å². The Bertz CT molecular complexity index is 398. The van der Waals surface area contributed by atoms with Crippen molar-refractivity contribution >= 4 is 34.5 Å². The van der Waals surface area contributed by atoms with Crippen molar-refractivity contribution in [3.63, 3.8) is 0 Å². The fourth-order valence-corrected chi connectivity index (χ4v) is 1.91. The molecule has 0 saturated heterocycles. The zero-order valence-electron chi connectivity index (χ0n) is 5.62. The quantitative estimate of drug-likeness (QED) is 0.742. The lowest BCUT2D eigenvalue weighted by Gasteiger charge is -1.86. The van der Waals surface area contributed by atoms with Gasteiger partial charge < -0.3 is 4.42 Å². The van der Waals surface area contributed by atoms with Gasteiger partial charge in [0.1, 0.15) is 4.88 Å². The molecule has 0 aromatic carbocycles. The Kier molecular flexibility index (Phi) is 2.04. The maximum atomic E-state index is 5.82. The predicted molar refractivity (Wildman–Crippen MR) is 47.6 cm³/mol. The molecule has 2 aromatic heterocycles. The Labute approximate surface area is 81.9 Å². The van der Waals surface area contributed by atoms with E-state index in [1.165, 1.54) is 11.3 Å². The van der Waals surface area contributed by atoms with E-state index in [-0.39, 0.29) is 5.35 Å². The SMILES string of the molecule is Clc1nnc(-c2sccc2Cl)o1. The molecule has 2 aromatic rings. The van der Waals surface area contributed by atoms with Crippen molar-refractivity contribution in [1.29, 1.82) is 0 Å². The summed E-state index contributed by atoms with van der Waals surface area (Å²) in [6.07, 6.45) is 0. The Morgan fingerprint density at radius 3 is 2.67 bits per heavy atom. The molecule has 12 heavy (non-hydrogen) atoms. The summed E-state index contributed by atoms with van der Waals surface area (Å²) in [5.41, 5.74) is 0. The minimum absolute atomic E-state index is 0.0227. The molecule has 0 saturated carbocycles. The van der Waals surface area contributed by atoms with Crippen molar-refractivity contribution < 1.29 is 4.42 Å². The Morgan fingerprint density at radius 2 is 2.17 bits per heavy atom. The highest BCUT2D eigenvalue weighted by molar-refractivity contribution is 7.14. The van der Waals surface area contributed by atoms with E-state index in [1.807, 2.05) is 5.38 Å². The molecule has 0 bridgehead atoms. The van der Waals surface area contributed by atoms with E-state index in [9.17, 15) is 0 Å². The first-order valence-electron chi connectivity index (χ1n) is 3.00. The van der Waals surface area contributed by atoms with E-state index in [0.29, 0.717) is 10.9 Å². The second-order valence-corrected chi connectivity index (χ2v) is 3.60. The van der Waals surface area contributed by atoms with Crippen LogP contribution in [0.5, 0.6) is 0 Å². The van der Waals surface area contributed by atoms with Gasteiger partial charge in [0.2, 0.25) is 0 Å². The highest BCUT2D eigenvalue weighted by Crippen LogP contribution is 2.32. The predicted octanol–water partition coefficient (Wildman–Crippen LogP) is 3.10. The van der Waals surface area contributed by atoms with Gasteiger partial charge in [-0.1, -0.05) is 16.7 Å². The molecule has 0 amide bonds. The Morgan fingerprint density at radius 1 is 1.33 bits per heavy atom. The molecule has 0 spiro atoms. The van der Waals surface area contributed by atoms with Gasteiger partial charge in [-0.3, -0.25) is 0 Å². The highest BCUT2D eigenvalue weighted by Gasteiger charge is 2.11. The zero-order chi connectivity index (χ0) is 8.55. The standard InChI is InChI=1S/C6H2Cl2N2OS/c7-3-1-2-12-4(3)5-9-10-6(8)11-5/h1-2H. The minimum Gasteiger partial charge on any atom is -0.406 e. The van der Waals surface area contributed by atoms with Crippen molar-refractivity contribution in [2.24, 2.45) is 0 Å². The Balaban J connectivity index is 2.50. The average Bonchev–Trinajstić information content (AvgIpc) is 2.58. The van der Waals surface area contributed by atoms with Gasteiger partial charge in [-0.25, -0.2) is 0 Å². The second kappa shape index (κ2) is 3.05. The maximum Gasteiger partial charge on any atom is 0.313 e. The van der Waals surface area contributed by atoms with Crippen LogP contribution >= 0.6 is 34.5 Å². The van der Waals surface area contributed by atoms with Crippen molar-refractivity contribution in [3.8, 4) is 10.8 Å². The number of hydrogen-bond acceptors (Lipinski definition) is 4. The van der Waals surface area contributed by atoms with Gasteiger partial charge in [-0.05, 0) is 23.0 Å². The summed E-state index contributed by atoms with van der Waals surface area (Å²) < 4.78 is 4.98. The van der Waals surface area contributed by atoms with Crippen LogP contribution in [-0.4, -0.2) is 10.2 Å². The van der Waals surface area contributed by atoms with Crippen LogP contribution in [-0.2, 0) is 0 Å².